The van der Waals surface area contributed by atoms with Crippen LogP contribution in [0, 0.1) is 12.1 Å². The van der Waals surface area contributed by atoms with Crippen LogP contribution < -0.4 is 0 Å². The normalized spacial score (nSPS) is 10.6. The molecule has 0 unspecified atom stereocenters. The maximum atomic E-state index is 9.25. The van der Waals surface area contributed by atoms with Gasteiger partial charge in [-0.3, -0.25) is 6.08 Å². The van der Waals surface area contributed by atoms with Crippen LogP contribution >= 0.6 is 0 Å². The van der Waals surface area contributed by atoms with E-state index in [1.54, 1.807) is 20.0 Å². The molecule has 152 valence electrons. The maximum Gasteiger partial charge on any atom is -0.0253 e. The van der Waals surface area contributed by atoms with Crippen LogP contribution in [0.3, 0.4) is 0 Å². The molecule has 0 amide bonds. The molecular weight excluding hydrogens is 412 g/mol. The van der Waals surface area contributed by atoms with E-state index in [4.69, 9.17) is 10.2 Å². The van der Waals surface area contributed by atoms with E-state index in [0.29, 0.717) is 0 Å². The summed E-state index contributed by atoms with van der Waals surface area (Å²) in [5.74, 6) is -1.96. The second-order valence-corrected chi connectivity index (χ2v) is 5.48. The van der Waals surface area contributed by atoms with Gasteiger partial charge < -0.3 is 10.2 Å². The molecule has 2 aromatic rings. The van der Waals surface area contributed by atoms with Gasteiger partial charge >= 0.3 is 36.7 Å². The molecule has 0 aromatic heterocycles. The zero-order valence-electron chi connectivity index (χ0n) is 16.7. The minimum absolute atomic E-state index is 0.833. The first-order valence-corrected chi connectivity index (χ1v) is 9.95. The van der Waals surface area contributed by atoms with Gasteiger partial charge in [-0.25, -0.2) is 21.7 Å². The minimum Gasteiger partial charge on any atom is -0.179 e. The molecule has 0 aliphatic heterocycles. The molecule has 0 spiro atoms. The molecular formula is C25H24O4Ti. The molecule has 2 aliphatic rings. The van der Waals surface area contributed by atoms with Gasteiger partial charge in [0.2, 0.25) is 0 Å². The fraction of sp³-hybridized carbons (Fsp3) is 0.0800. The molecule has 5 heteroatoms. The van der Waals surface area contributed by atoms with Crippen molar-refractivity contribution in [3.63, 3.8) is 0 Å². The fourth-order valence-corrected chi connectivity index (χ4v) is 2.34. The van der Waals surface area contributed by atoms with Gasteiger partial charge in [-0.05, 0) is 6.42 Å². The monoisotopic (exact) mass is 436 g/mol. The summed E-state index contributed by atoms with van der Waals surface area (Å²) < 4.78 is 0. The summed E-state index contributed by atoms with van der Waals surface area (Å²) >= 11 is 1.75. The van der Waals surface area contributed by atoms with Gasteiger partial charge in [0, 0.05) is 12.2 Å². The Morgan fingerprint density at radius 3 is 2.00 bits per heavy atom. The van der Waals surface area contributed by atoms with E-state index in [-0.39, 0.29) is 0 Å². The largest absolute Gasteiger partial charge is 0.179 e. The first-order chi connectivity index (χ1) is 14.5. The molecule has 0 saturated heterocycles. The van der Waals surface area contributed by atoms with E-state index in [9.17, 15) is 9.59 Å². The van der Waals surface area contributed by atoms with E-state index < -0.39 is 11.9 Å². The standard InChI is InChI=1S/C13H9.C5H5.2C3H4O2.CH2.Ti/c1-3-7-12-10(5-1)9-11-6-2-4-8-13(11)12;1-2-4-5-3-1;2*1-2-3(4)5;;/h1-5,7-8H,9H2;1-3H,4H2;2*2H,1H2,(H,4,5);1H2;/q2*-1;;;;+2. The van der Waals surface area contributed by atoms with Crippen molar-refractivity contribution in [2.24, 2.45) is 0 Å². The summed E-state index contributed by atoms with van der Waals surface area (Å²) in [6, 6.07) is 18.1. The van der Waals surface area contributed by atoms with Gasteiger partial charge in [-0.15, -0.1) is 12.0 Å². The van der Waals surface area contributed by atoms with E-state index in [1.165, 1.54) is 22.3 Å². The SMILES string of the molecule is C=CC(=O)O.C=CC(=O)O.[C-]1=CC=CC1.[CH2]=[Ti+2].[c-]1cccc2c1Cc1ccccc1-2. The van der Waals surface area contributed by atoms with Gasteiger partial charge in [-0.1, -0.05) is 48.6 Å². The Hall–Kier alpha value is -3.08. The molecule has 0 bridgehead atoms. The summed E-state index contributed by atoms with van der Waals surface area (Å²) in [6.45, 7) is 5.92. The molecule has 0 saturated carbocycles. The Morgan fingerprint density at radius 1 is 0.967 bits per heavy atom. The van der Waals surface area contributed by atoms with Crippen molar-refractivity contribution in [3.8, 4) is 11.1 Å². The Balaban J connectivity index is 0.000000417. The predicted octanol–water partition coefficient (Wildman–Crippen LogP) is 4.84. The van der Waals surface area contributed by atoms with Crippen molar-refractivity contribution in [1.82, 2.24) is 0 Å². The first kappa shape index (κ1) is 26.9. The second kappa shape index (κ2) is 16.8. The Morgan fingerprint density at radius 2 is 1.53 bits per heavy atom. The third-order valence-corrected chi connectivity index (χ3v) is 3.55. The number of allylic oxidation sites excluding steroid dienone is 4. The van der Waals surface area contributed by atoms with E-state index >= 15 is 0 Å². The average molecular weight is 436 g/mol. The van der Waals surface area contributed by atoms with Crippen molar-refractivity contribution >= 4 is 16.8 Å². The molecule has 4 rings (SSSR count). The fourth-order valence-electron chi connectivity index (χ4n) is 2.34. The zero-order valence-corrected chi connectivity index (χ0v) is 18.2. The number of carboxylic acids is 2. The number of aliphatic carboxylic acids is 2. The second-order valence-electron chi connectivity index (χ2n) is 5.48. The molecule has 4 nitrogen and oxygen atoms in total. The summed E-state index contributed by atoms with van der Waals surface area (Å²) in [7, 11) is 0. The van der Waals surface area contributed by atoms with Crippen molar-refractivity contribution in [2.45, 2.75) is 12.8 Å². The number of carboxylic acid groups (broad SMARTS) is 2. The molecule has 0 atom stereocenters. The number of benzene rings is 2. The quantitative estimate of drug-likeness (QED) is 0.343. The summed E-state index contributed by atoms with van der Waals surface area (Å²) in [5.41, 5.74) is 5.51. The van der Waals surface area contributed by atoms with E-state index in [0.717, 1.165) is 25.0 Å². The van der Waals surface area contributed by atoms with Gasteiger partial charge in [0.1, 0.15) is 0 Å². The van der Waals surface area contributed by atoms with E-state index in [2.05, 4.69) is 72.6 Å². The van der Waals surface area contributed by atoms with Crippen molar-refractivity contribution in [2.75, 3.05) is 0 Å². The van der Waals surface area contributed by atoms with Crippen LogP contribution in [-0.4, -0.2) is 27.0 Å². The van der Waals surface area contributed by atoms with Gasteiger partial charge in [0.15, 0.2) is 0 Å². The Kier molecular flexibility index (Phi) is 15.1. The molecule has 0 radical (unpaired) electrons. The molecule has 2 aromatic carbocycles. The summed E-state index contributed by atoms with van der Waals surface area (Å²) in [4.78, 5) is 21.8. The van der Waals surface area contributed by atoms with Crippen LogP contribution in [0.25, 0.3) is 11.1 Å². The number of hydrogen-bond donors (Lipinski definition) is 2. The Bertz CT molecular complexity index is 826. The molecule has 0 fully saturated rings. The topological polar surface area (TPSA) is 74.6 Å². The maximum absolute atomic E-state index is 9.25. The van der Waals surface area contributed by atoms with Crippen LogP contribution in [0.2, 0.25) is 0 Å². The minimum atomic E-state index is -0.981. The van der Waals surface area contributed by atoms with Gasteiger partial charge in [0.25, 0.3) is 0 Å². The van der Waals surface area contributed by atoms with Crippen LogP contribution in [0.5, 0.6) is 0 Å². The first-order valence-electron chi connectivity index (χ1n) is 8.85. The molecule has 2 aliphatic carbocycles. The number of rotatable bonds is 2. The molecule has 2 N–H and O–H groups in total. The number of fused-ring (bicyclic) bond motifs is 3. The average Bonchev–Trinajstić information content (AvgIpc) is 3.47. The molecule has 0 heterocycles. The number of carbonyl (C=O) groups is 2. The van der Waals surface area contributed by atoms with Crippen LogP contribution in [0.15, 0.2) is 86.0 Å². The van der Waals surface area contributed by atoms with Gasteiger partial charge in [0.05, 0.1) is 0 Å². The Labute approximate surface area is 189 Å². The third-order valence-electron chi connectivity index (χ3n) is 3.55. The number of hydrogen-bond acceptors (Lipinski definition) is 2. The smallest absolute Gasteiger partial charge is 0.0253 e. The van der Waals surface area contributed by atoms with Crippen molar-refractivity contribution in [1.29, 1.82) is 0 Å². The van der Waals surface area contributed by atoms with Crippen molar-refractivity contribution < 1.29 is 39.8 Å². The summed E-state index contributed by atoms with van der Waals surface area (Å²) in [6.07, 6.45) is 12.7. The van der Waals surface area contributed by atoms with E-state index in [1.807, 2.05) is 18.2 Å². The van der Waals surface area contributed by atoms with Crippen LogP contribution in [0.1, 0.15) is 17.5 Å². The van der Waals surface area contributed by atoms with Gasteiger partial charge in [-0.2, -0.15) is 35.9 Å². The predicted molar refractivity (Wildman–Crippen MR) is 118 cm³/mol. The molecule has 30 heavy (non-hydrogen) atoms. The third kappa shape index (κ3) is 11.1. The summed E-state index contributed by atoms with van der Waals surface area (Å²) in [5, 5.41) is 15.2. The van der Waals surface area contributed by atoms with Crippen molar-refractivity contribution in [3.05, 3.63) is 109 Å². The van der Waals surface area contributed by atoms with Crippen LogP contribution in [0.4, 0.5) is 0 Å². The zero-order chi connectivity index (χ0) is 22.8. The van der Waals surface area contributed by atoms with Crippen LogP contribution in [-0.2, 0) is 36.0 Å².